The molecule has 0 radical (unpaired) electrons. The molecule has 0 amide bonds. The van der Waals surface area contributed by atoms with Crippen molar-refractivity contribution >= 4 is 21.9 Å². The number of aryl methyl sites for hydroxylation is 1. The van der Waals surface area contributed by atoms with Crippen molar-refractivity contribution in [1.29, 1.82) is 0 Å². The molecule has 0 aliphatic rings. The van der Waals surface area contributed by atoms with Crippen LogP contribution < -0.4 is 0 Å². The van der Waals surface area contributed by atoms with E-state index in [0.717, 1.165) is 6.07 Å². The van der Waals surface area contributed by atoms with E-state index in [1.165, 1.54) is 6.92 Å². The highest BCUT2D eigenvalue weighted by Crippen LogP contribution is 2.27. The Morgan fingerprint density at radius 3 is 2.64 bits per heavy atom. The summed E-state index contributed by atoms with van der Waals surface area (Å²) in [6.45, 7) is 1.35. The first-order chi connectivity index (χ1) is 6.43. The highest BCUT2D eigenvalue weighted by atomic mass is 79.9. The molecule has 1 aromatic heterocycles. The van der Waals surface area contributed by atoms with Gasteiger partial charge in [0.25, 0.3) is 6.43 Å². The predicted molar refractivity (Wildman–Crippen MR) is 48.6 cm³/mol. The minimum atomic E-state index is -2.83. The zero-order chi connectivity index (χ0) is 10.9. The smallest absolute Gasteiger partial charge is 0.336 e. The van der Waals surface area contributed by atoms with Crippen LogP contribution in [0.15, 0.2) is 10.7 Å². The van der Waals surface area contributed by atoms with Gasteiger partial charge < -0.3 is 5.11 Å². The van der Waals surface area contributed by atoms with Crippen molar-refractivity contribution in [3.63, 3.8) is 0 Å². The summed E-state index contributed by atoms with van der Waals surface area (Å²) < 4.78 is 25.2. The summed E-state index contributed by atoms with van der Waals surface area (Å²) in [5, 5.41) is 8.68. The normalized spacial score (nSPS) is 10.6. The minimum absolute atomic E-state index is 0.0202. The number of halogens is 3. The van der Waals surface area contributed by atoms with Gasteiger partial charge >= 0.3 is 5.97 Å². The van der Waals surface area contributed by atoms with Crippen LogP contribution in [-0.4, -0.2) is 16.1 Å². The van der Waals surface area contributed by atoms with E-state index in [0.29, 0.717) is 0 Å². The van der Waals surface area contributed by atoms with Crippen LogP contribution in [0.5, 0.6) is 0 Å². The molecule has 0 aliphatic carbocycles. The second-order valence-corrected chi connectivity index (χ2v) is 3.41. The SMILES string of the molecule is Cc1nc(Br)cc(C(=O)O)c1C(F)F. The van der Waals surface area contributed by atoms with Crippen LogP contribution in [0.25, 0.3) is 0 Å². The van der Waals surface area contributed by atoms with Gasteiger partial charge in [0.05, 0.1) is 11.1 Å². The summed E-state index contributed by atoms with van der Waals surface area (Å²) in [5.74, 6) is -1.38. The van der Waals surface area contributed by atoms with Gasteiger partial charge in [-0.05, 0) is 28.9 Å². The highest BCUT2D eigenvalue weighted by Gasteiger charge is 2.21. The molecule has 0 saturated heterocycles. The first-order valence-corrected chi connectivity index (χ1v) is 4.41. The lowest BCUT2D eigenvalue weighted by molar-refractivity contribution is 0.0683. The topological polar surface area (TPSA) is 50.2 Å². The van der Waals surface area contributed by atoms with E-state index in [4.69, 9.17) is 5.11 Å². The van der Waals surface area contributed by atoms with Gasteiger partial charge in [-0.1, -0.05) is 0 Å². The molecule has 1 rings (SSSR count). The molecule has 76 valence electrons. The second-order valence-electron chi connectivity index (χ2n) is 2.60. The molecule has 14 heavy (non-hydrogen) atoms. The molecule has 0 bridgehead atoms. The van der Waals surface area contributed by atoms with E-state index in [2.05, 4.69) is 20.9 Å². The molecule has 0 fully saturated rings. The lowest BCUT2D eigenvalue weighted by Gasteiger charge is -2.08. The number of hydrogen-bond donors (Lipinski definition) is 1. The number of alkyl halides is 2. The molecular formula is C8H6BrF2NO2. The molecular weight excluding hydrogens is 260 g/mol. The van der Waals surface area contributed by atoms with E-state index >= 15 is 0 Å². The van der Waals surface area contributed by atoms with Gasteiger partial charge in [0, 0.05) is 5.69 Å². The fourth-order valence-corrected chi connectivity index (χ4v) is 1.59. The van der Waals surface area contributed by atoms with Crippen LogP contribution in [0.3, 0.4) is 0 Å². The molecule has 1 aromatic rings. The monoisotopic (exact) mass is 265 g/mol. The summed E-state index contributed by atoms with van der Waals surface area (Å²) >= 11 is 2.95. The number of carboxylic acids is 1. The van der Waals surface area contributed by atoms with Crippen molar-refractivity contribution in [3.8, 4) is 0 Å². The van der Waals surface area contributed by atoms with E-state index in [1.807, 2.05) is 0 Å². The van der Waals surface area contributed by atoms with E-state index < -0.39 is 23.5 Å². The maximum Gasteiger partial charge on any atom is 0.336 e. The molecule has 3 nitrogen and oxygen atoms in total. The zero-order valence-electron chi connectivity index (χ0n) is 7.09. The Morgan fingerprint density at radius 1 is 1.64 bits per heavy atom. The van der Waals surface area contributed by atoms with Crippen molar-refractivity contribution in [1.82, 2.24) is 4.98 Å². The van der Waals surface area contributed by atoms with Crippen molar-refractivity contribution < 1.29 is 18.7 Å². The number of carbonyl (C=O) groups is 1. The van der Waals surface area contributed by atoms with Crippen molar-refractivity contribution in [2.75, 3.05) is 0 Å². The highest BCUT2D eigenvalue weighted by molar-refractivity contribution is 9.10. The maximum absolute atomic E-state index is 12.5. The van der Waals surface area contributed by atoms with Crippen LogP contribution in [0.1, 0.15) is 28.0 Å². The lowest BCUT2D eigenvalue weighted by Crippen LogP contribution is -2.07. The van der Waals surface area contributed by atoms with E-state index in [1.54, 1.807) is 0 Å². The molecule has 0 spiro atoms. The van der Waals surface area contributed by atoms with Gasteiger partial charge in [0.1, 0.15) is 4.60 Å². The molecule has 1 heterocycles. The van der Waals surface area contributed by atoms with Gasteiger partial charge in [-0.25, -0.2) is 18.6 Å². The third-order valence-electron chi connectivity index (χ3n) is 1.67. The summed E-state index contributed by atoms with van der Waals surface area (Å²) in [6.07, 6.45) is -2.83. The lowest BCUT2D eigenvalue weighted by atomic mass is 10.1. The van der Waals surface area contributed by atoms with Crippen LogP contribution in [-0.2, 0) is 0 Å². The predicted octanol–water partition coefficient (Wildman–Crippen LogP) is 2.79. The summed E-state index contributed by atoms with van der Waals surface area (Å²) in [5.41, 5.74) is -0.924. The van der Waals surface area contributed by atoms with Gasteiger partial charge in [-0.2, -0.15) is 0 Å². The number of aromatic carboxylic acids is 1. The first kappa shape index (κ1) is 11.0. The summed E-state index contributed by atoms with van der Waals surface area (Å²) in [6, 6.07) is 1.07. The quantitative estimate of drug-likeness (QED) is 0.837. The Kier molecular flexibility index (Phi) is 3.15. The number of hydrogen-bond acceptors (Lipinski definition) is 2. The first-order valence-electron chi connectivity index (χ1n) is 3.62. The second kappa shape index (κ2) is 4.00. The van der Waals surface area contributed by atoms with Gasteiger partial charge in [0.2, 0.25) is 0 Å². The van der Waals surface area contributed by atoms with E-state index in [9.17, 15) is 13.6 Å². The maximum atomic E-state index is 12.5. The summed E-state index contributed by atoms with van der Waals surface area (Å²) in [4.78, 5) is 14.4. The zero-order valence-corrected chi connectivity index (χ0v) is 8.68. The standard InChI is InChI=1S/C8H6BrF2NO2/c1-3-6(7(10)11)4(8(13)14)2-5(9)12-3/h2,7H,1H3,(H,13,14). The van der Waals surface area contributed by atoms with Crippen LogP contribution >= 0.6 is 15.9 Å². The minimum Gasteiger partial charge on any atom is -0.478 e. The third kappa shape index (κ3) is 2.06. The van der Waals surface area contributed by atoms with Gasteiger partial charge in [-0.3, -0.25) is 0 Å². The molecule has 0 atom stereocenters. The molecule has 0 saturated carbocycles. The molecule has 0 aliphatic heterocycles. The fraction of sp³-hybridized carbons (Fsp3) is 0.250. The Hall–Kier alpha value is -1.04. The van der Waals surface area contributed by atoms with Crippen LogP contribution in [0.4, 0.5) is 8.78 Å². The van der Waals surface area contributed by atoms with Crippen LogP contribution in [0, 0.1) is 6.92 Å². The fourth-order valence-electron chi connectivity index (χ4n) is 1.10. The number of rotatable bonds is 2. The van der Waals surface area contributed by atoms with Crippen molar-refractivity contribution in [3.05, 3.63) is 27.5 Å². The average molecular weight is 266 g/mol. The van der Waals surface area contributed by atoms with E-state index in [-0.39, 0.29) is 10.3 Å². The Morgan fingerprint density at radius 2 is 2.21 bits per heavy atom. The Labute approximate surface area is 86.9 Å². The Balaban J connectivity index is 3.44. The molecule has 0 aromatic carbocycles. The Bertz CT molecular complexity index is 382. The van der Waals surface area contributed by atoms with Crippen LogP contribution in [0.2, 0.25) is 0 Å². The van der Waals surface area contributed by atoms with Crippen molar-refractivity contribution in [2.24, 2.45) is 0 Å². The number of pyridine rings is 1. The molecule has 0 unspecified atom stereocenters. The van der Waals surface area contributed by atoms with Gasteiger partial charge in [-0.15, -0.1) is 0 Å². The summed E-state index contributed by atoms with van der Waals surface area (Å²) in [7, 11) is 0. The average Bonchev–Trinajstić information content (AvgIpc) is 2.01. The number of aromatic nitrogens is 1. The number of carboxylic acid groups (broad SMARTS) is 1. The largest absolute Gasteiger partial charge is 0.478 e. The molecule has 6 heteroatoms. The van der Waals surface area contributed by atoms with Crippen molar-refractivity contribution in [2.45, 2.75) is 13.3 Å². The third-order valence-corrected chi connectivity index (χ3v) is 2.07. The number of nitrogens with zero attached hydrogens (tertiary/aromatic N) is 1. The molecule has 1 N–H and O–H groups in total. The van der Waals surface area contributed by atoms with Gasteiger partial charge in [0.15, 0.2) is 0 Å².